The molecule has 4 nitrogen and oxygen atoms in total. The van der Waals surface area contributed by atoms with Crippen molar-refractivity contribution in [3.8, 4) is 0 Å². The van der Waals surface area contributed by atoms with E-state index in [1.54, 1.807) is 12.1 Å². The number of carbonyl (C=O) groups is 1. The molecule has 0 aromatic heterocycles. The van der Waals surface area contributed by atoms with Crippen molar-refractivity contribution in [2.75, 3.05) is 36.4 Å². The van der Waals surface area contributed by atoms with Crippen LogP contribution in [0.3, 0.4) is 0 Å². The lowest BCUT2D eigenvalue weighted by Crippen LogP contribution is -2.53. The van der Waals surface area contributed by atoms with Gasteiger partial charge >= 0.3 is 0 Å². The molecule has 1 atom stereocenters. The molecular weight excluding hydrogens is 334 g/mol. The molecule has 1 aliphatic rings. The zero-order chi connectivity index (χ0) is 17.8. The third-order valence-corrected chi connectivity index (χ3v) is 4.79. The number of benzene rings is 2. The van der Waals surface area contributed by atoms with Gasteiger partial charge in [-0.2, -0.15) is 0 Å². The van der Waals surface area contributed by atoms with Crippen LogP contribution in [0.5, 0.6) is 0 Å². The predicted octanol–water partition coefficient (Wildman–Crippen LogP) is 3.80. The van der Waals surface area contributed by atoms with Crippen LogP contribution < -0.4 is 10.2 Å². The van der Waals surface area contributed by atoms with E-state index in [2.05, 4.69) is 53.2 Å². The first-order valence-corrected chi connectivity index (χ1v) is 9.00. The average Bonchev–Trinajstić information content (AvgIpc) is 2.56. The van der Waals surface area contributed by atoms with Crippen LogP contribution in [0.15, 0.2) is 48.5 Å². The van der Waals surface area contributed by atoms with E-state index in [0.29, 0.717) is 17.6 Å². The number of hydrogen-bond donors (Lipinski definition) is 1. The van der Waals surface area contributed by atoms with Gasteiger partial charge in [0.2, 0.25) is 5.91 Å². The number of hydrogen-bond acceptors (Lipinski definition) is 3. The van der Waals surface area contributed by atoms with E-state index < -0.39 is 0 Å². The molecule has 1 N–H and O–H groups in total. The molecule has 1 amide bonds. The van der Waals surface area contributed by atoms with Gasteiger partial charge in [-0.15, -0.1) is 0 Å². The van der Waals surface area contributed by atoms with Crippen LogP contribution >= 0.6 is 11.6 Å². The summed E-state index contributed by atoms with van der Waals surface area (Å²) in [5, 5.41) is 3.54. The molecule has 2 aromatic carbocycles. The number of piperazine rings is 1. The minimum atomic E-state index is -0.00162. The fourth-order valence-electron chi connectivity index (χ4n) is 3.27. The van der Waals surface area contributed by atoms with Crippen molar-refractivity contribution in [1.29, 1.82) is 0 Å². The maximum atomic E-state index is 12.3. The first-order chi connectivity index (χ1) is 12.0. The van der Waals surface area contributed by atoms with Gasteiger partial charge in [0.25, 0.3) is 0 Å². The summed E-state index contributed by atoms with van der Waals surface area (Å²) in [6, 6.07) is 16.2. The van der Waals surface area contributed by atoms with Crippen molar-refractivity contribution in [2.24, 2.45) is 0 Å². The van der Waals surface area contributed by atoms with Gasteiger partial charge in [0.05, 0.1) is 6.54 Å². The molecule has 1 unspecified atom stereocenters. The van der Waals surface area contributed by atoms with Crippen LogP contribution in [-0.4, -0.2) is 43.0 Å². The summed E-state index contributed by atoms with van der Waals surface area (Å²) in [5.41, 5.74) is 3.26. The van der Waals surface area contributed by atoms with Gasteiger partial charge in [0, 0.05) is 42.1 Å². The van der Waals surface area contributed by atoms with E-state index in [4.69, 9.17) is 11.6 Å². The molecule has 1 saturated heterocycles. The number of halogens is 1. The van der Waals surface area contributed by atoms with Gasteiger partial charge in [-0.3, -0.25) is 9.69 Å². The Kier molecular flexibility index (Phi) is 5.61. The smallest absolute Gasteiger partial charge is 0.238 e. The van der Waals surface area contributed by atoms with Crippen LogP contribution in [0.4, 0.5) is 11.4 Å². The monoisotopic (exact) mass is 357 g/mol. The average molecular weight is 358 g/mol. The molecule has 5 heteroatoms. The molecule has 0 aliphatic carbocycles. The highest BCUT2D eigenvalue weighted by atomic mass is 35.5. The fraction of sp³-hybridized carbons (Fsp3) is 0.350. The Labute approximate surface area is 154 Å². The lowest BCUT2D eigenvalue weighted by molar-refractivity contribution is -0.117. The third kappa shape index (κ3) is 4.74. The minimum Gasteiger partial charge on any atom is -0.366 e. The zero-order valence-electron chi connectivity index (χ0n) is 14.7. The summed E-state index contributed by atoms with van der Waals surface area (Å²) in [5.74, 6) is -0.00162. The molecular formula is C20H24ClN3O. The minimum absolute atomic E-state index is 0.00162. The number of rotatable bonds is 4. The molecule has 1 heterocycles. The number of aryl methyl sites for hydroxylation is 1. The number of anilines is 2. The van der Waals surface area contributed by atoms with E-state index in [9.17, 15) is 4.79 Å². The van der Waals surface area contributed by atoms with Crippen molar-refractivity contribution in [2.45, 2.75) is 19.9 Å². The Bertz CT molecular complexity index is 732. The number of amides is 1. The summed E-state index contributed by atoms with van der Waals surface area (Å²) in [7, 11) is 0. The van der Waals surface area contributed by atoms with Crippen LogP contribution in [0.25, 0.3) is 0 Å². The Hall–Kier alpha value is -2.04. The highest BCUT2D eigenvalue weighted by molar-refractivity contribution is 6.30. The van der Waals surface area contributed by atoms with Gasteiger partial charge in [0.1, 0.15) is 0 Å². The quantitative estimate of drug-likeness (QED) is 0.904. The summed E-state index contributed by atoms with van der Waals surface area (Å²) < 4.78 is 0. The number of nitrogens with zero attached hydrogens (tertiary/aromatic N) is 2. The van der Waals surface area contributed by atoms with Crippen molar-refractivity contribution in [1.82, 2.24) is 4.90 Å². The van der Waals surface area contributed by atoms with Crippen molar-refractivity contribution in [3.63, 3.8) is 0 Å². The molecule has 0 bridgehead atoms. The second kappa shape index (κ2) is 7.89. The normalized spacial score (nSPS) is 18.2. The van der Waals surface area contributed by atoms with Gasteiger partial charge in [-0.25, -0.2) is 0 Å². The second-order valence-electron chi connectivity index (χ2n) is 6.67. The van der Waals surface area contributed by atoms with Crippen LogP contribution in [0.2, 0.25) is 5.02 Å². The zero-order valence-corrected chi connectivity index (χ0v) is 15.5. The Morgan fingerprint density at radius 1 is 1.20 bits per heavy atom. The van der Waals surface area contributed by atoms with E-state index in [1.807, 2.05) is 12.1 Å². The van der Waals surface area contributed by atoms with Gasteiger partial charge < -0.3 is 10.2 Å². The van der Waals surface area contributed by atoms with Crippen LogP contribution in [-0.2, 0) is 4.79 Å². The molecule has 0 saturated carbocycles. The highest BCUT2D eigenvalue weighted by Gasteiger charge is 2.25. The van der Waals surface area contributed by atoms with Gasteiger partial charge in [-0.05, 0) is 44.2 Å². The largest absolute Gasteiger partial charge is 0.366 e. The standard InChI is InChI=1S/C20H24ClN3O/c1-15-6-8-19(9-7-15)24-11-10-23(13-16(24)2)14-20(25)22-18-5-3-4-17(21)12-18/h3-9,12,16H,10-11,13-14H2,1-2H3,(H,22,25). The summed E-state index contributed by atoms with van der Waals surface area (Å²) in [6.45, 7) is 7.38. The molecule has 0 radical (unpaired) electrons. The number of nitrogens with one attached hydrogen (secondary N) is 1. The highest BCUT2D eigenvalue weighted by Crippen LogP contribution is 2.21. The molecule has 132 valence electrons. The fourth-order valence-corrected chi connectivity index (χ4v) is 3.46. The first-order valence-electron chi connectivity index (χ1n) is 8.62. The third-order valence-electron chi connectivity index (χ3n) is 4.55. The Balaban J connectivity index is 1.54. The number of carbonyl (C=O) groups excluding carboxylic acids is 1. The van der Waals surface area contributed by atoms with Crippen molar-refractivity contribution < 1.29 is 4.79 Å². The molecule has 2 aromatic rings. The molecule has 25 heavy (non-hydrogen) atoms. The van der Waals surface area contributed by atoms with Crippen LogP contribution in [0.1, 0.15) is 12.5 Å². The van der Waals surface area contributed by atoms with E-state index in [-0.39, 0.29) is 5.91 Å². The van der Waals surface area contributed by atoms with Gasteiger partial charge in [0.15, 0.2) is 0 Å². The summed E-state index contributed by atoms with van der Waals surface area (Å²) in [4.78, 5) is 16.9. The van der Waals surface area contributed by atoms with E-state index >= 15 is 0 Å². The second-order valence-corrected chi connectivity index (χ2v) is 7.11. The molecule has 3 rings (SSSR count). The van der Waals surface area contributed by atoms with Gasteiger partial charge in [-0.1, -0.05) is 35.4 Å². The van der Waals surface area contributed by atoms with Crippen molar-refractivity contribution >= 4 is 28.9 Å². The summed E-state index contributed by atoms with van der Waals surface area (Å²) in [6.07, 6.45) is 0. The Morgan fingerprint density at radius 3 is 2.64 bits per heavy atom. The van der Waals surface area contributed by atoms with Crippen molar-refractivity contribution in [3.05, 3.63) is 59.1 Å². The van der Waals surface area contributed by atoms with E-state index in [1.165, 1.54) is 11.3 Å². The Morgan fingerprint density at radius 2 is 1.96 bits per heavy atom. The van der Waals surface area contributed by atoms with E-state index in [0.717, 1.165) is 25.3 Å². The SMILES string of the molecule is Cc1ccc(N2CCN(CC(=O)Nc3cccc(Cl)c3)CC2C)cc1. The maximum absolute atomic E-state index is 12.3. The predicted molar refractivity (Wildman–Crippen MR) is 105 cm³/mol. The first kappa shape index (κ1) is 17.8. The van der Waals surface area contributed by atoms with Crippen LogP contribution in [0, 0.1) is 6.92 Å². The lowest BCUT2D eigenvalue weighted by Gasteiger charge is -2.41. The molecule has 1 fully saturated rings. The maximum Gasteiger partial charge on any atom is 0.238 e. The topological polar surface area (TPSA) is 35.6 Å². The lowest BCUT2D eigenvalue weighted by atomic mass is 10.1. The molecule has 0 spiro atoms. The molecule has 1 aliphatic heterocycles. The summed E-state index contributed by atoms with van der Waals surface area (Å²) >= 11 is 5.96.